The van der Waals surface area contributed by atoms with Gasteiger partial charge in [-0.3, -0.25) is 14.6 Å². The lowest BCUT2D eigenvalue weighted by atomic mass is 10.1. The molecule has 0 radical (unpaired) electrons. The van der Waals surface area contributed by atoms with Crippen molar-refractivity contribution >= 4 is 11.7 Å². The number of fused-ring (bicyclic) bond motifs is 2. The lowest BCUT2D eigenvalue weighted by molar-refractivity contribution is -0.117. The van der Waals surface area contributed by atoms with Crippen LogP contribution in [0.3, 0.4) is 0 Å². The van der Waals surface area contributed by atoms with Crippen LogP contribution in [0.4, 0.5) is 5.95 Å². The highest BCUT2D eigenvalue weighted by Gasteiger charge is 2.41. The monoisotopic (exact) mass is 385 g/mol. The van der Waals surface area contributed by atoms with Crippen LogP contribution < -0.4 is 4.90 Å². The maximum atomic E-state index is 11.1. The second-order valence-electron chi connectivity index (χ2n) is 7.79. The van der Waals surface area contributed by atoms with E-state index in [2.05, 4.69) is 45.5 Å². The van der Waals surface area contributed by atoms with Crippen molar-refractivity contribution in [2.24, 2.45) is 0 Å². The first kappa shape index (κ1) is 22.3. The predicted octanol–water partition coefficient (Wildman–Crippen LogP) is 2.44. The lowest BCUT2D eigenvalue weighted by Gasteiger charge is -2.42. The summed E-state index contributed by atoms with van der Waals surface area (Å²) in [5.41, 5.74) is 0.818. The highest BCUT2D eigenvalue weighted by molar-refractivity contribution is 5.77. The highest BCUT2D eigenvalue weighted by atomic mass is 16.1. The number of hydrogen-bond donors (Lipinski definition) is 0. The van der Waals surface area contributed by atoms with Crippen molar-refractivity contribution in [3.05, 3.63) is 18.0 Å². The molecule has 0 spiro atoms. The van der Waals surface area contributed by atoms with E-state index in [0.717, 1.165) is 24.6 Å². The Morgan fingerprint density at radius 1 is 1.21 bits per heavy atom. The summed E-state index contributed by atoms with van der Waals surface area (Å²) >= 11 is 0. The number of piperazine rings is 1. The van der Waals surface area contributed by atoms with Crippen LogP contribution in [0.2, 0.25) is 0 Å². The van der Waals surface area contributed by atoms with Crippen LogP contribution in [0, 0.1) is 11.8 Å². The third-order valence-electron chi connectivity index (χ3n) is 5.18. The molecule has 0 saturated carbocycles. The number of likely N-dealkylation sites (tertiary alicyclic amines) is 1. The van der Waals surface area contributed by atoms with Gasteiger partial charge in [0, 0.05) is 43.6 Å². The molecule has 2 aliphatic heterocycles. The molecule has 2 saturated heterocycles. The van der Waals surface area contributed by atoms with Gasteiger partial charge in [0.25, 0.3) is 0 Å². The van der Waals surface area contributed by atoms with Gasteiger partial charge in [0.1, 0.15) is 5.78 Å². The van der Waals surface area contributed by atoms with E-state index in [4.69, 9.17) is 0 Å². The minimum absolute atomic E-state index is 0.147. The normalized spacial score (nSPS) is 21.2. The summed E-state index contributed by atoms with van der Waals surface area (Å²) in [6.45, 7) is 13.3. The van der Waals surface area contributed by atoms with Gasteiger partial charge in [-0.2, -0.15) is 0 Å². The highest BCUT2D eigenvalue weighted by Crippen LogP contribution is 2.33. The molecule has 2 atom stereocenters. The zero-order valence-electron chi connectivity index (χ0n) is 18.3. The largest absolute Gasteiger partial charge is 0.332 e. The molecule has 154 valence electrons. The molecule has 0 N–H and O–H groups in total. The smallest absolute Gasteiger partial charge is 0.225 e. The Morgan fingerprint density at radius 3 is 2.29 bits per heavy atom. The van der Waals surface area contributed by atoms with Crippen molar-refractivity contribution in [3.63, 3.8) is 0 Å². The first-order chi connectivity index (χ1) is 13.4. The second kappa shape index (κ2) is 10.5. The number of anilines is 1. The molecule has 3 heterocycles. The van der Waals surface area contributed by atoms with Crippen LogP contribution in [-0.4, -0.2) is 76.9 Å². The Labute approximate surface area is 170 Å². The van der Waals surface area contributed by atoms with Crippen LogP contribution in [0.25, 0.3) is 0 Å². The molecule has 2 bridgehead atoms. The number of ketones is 1. The van der Waals surface area contributed by atoms with Crippen LogP contribution in [0.5, 0.6) is 0 Å². The van der Waals surface area contributed by atoms with Gasteiger partial charge >= 0.3 is 0 Å². The Hall–Kier alpha value is -1.97. The molecule has 2 unspecified atom stereocenters. The van der Waals surface area contributed by atoms with Gasteiger partial charge < -0.3 is 4.90 Å². The molecule has 2 aliphatic rings. The summed E-state index contributed by atoms with van der Waals surface area (Å²) in [7, 11) is 1.89. The molecule has 0 aliphatic carbocycles. The summed E-state index contributed by atoms with van der Waals surface area (Å²) in [5.74, 6) is 7.14. The van der Waals surface area contributed by atoms with Crippen LogP contribution in [0.15, 0.2) is 12.4 Å². The third kappa shape index (κ3) is 5.76. The predicted molar refractivity (Wildman–Crippen MR) is 114 cm³/mol. The first-order valence-electron chi connectivity index (χ1n) is 10.5. The van der Waals surface area contributed by atoms with Gasteiger partial charge in [0.2, 0.25) is 5.95 Å². The zero-order valence-corrected chi connectivity index (χ0v) is 18.3. The van der Waals surface area contributed by atoms with Crippen LogP contribution in [0.1, 0.15) is 53.0 Å². The number of carbonyl (C=O) groups is 1. The molecular weight excluding hydrogens is 350 g/mol. The van der Waals surface area contributed by atoms with Gasteiger partial charge in [-0.1, -0.05) is 25.7 Å². The number of likely N-dealkylation sites (N-methyl/N-ethyl adjacent to an activating group) is 1. The van der Waals surface area contributed by atoms with E-state index in [1.807, 2.05) is 38.2 Å². The second-order valence-corrected chi connectivity index (χ2v) is 7.79. The molecule has 6 nitrogen and oxygen atoms in total. The van der Waals surface area contributed by atoms with E-state index in [1.165, 1.54) is 12.8 Å². The summed E-state index contributed by atoms with van der Waals surface area (Å²) in [6.07, 6.45) is 6.08. The lowest BCUT2D eigenvalue weighted by Crippen LogP contribution is -2.56. The van der Waals surface area contributed by atoms with Crippen LogP contribution >= 0.6 is 0 Å². The van der Waals surface area contributed by atoms with Crippen LogP contribution in [-0.2, 0) is 4.79 Å². The van der Waals surface area contributed by atoms with Gasteiger partial charge in [0.05, 0.1) is 18.7 Å². The average Bonchev–Trinajstić information content (AvgIpc) is 2.92. The first-order valence-corrected chi connectivity index (χ1v) is 10.5. The molecule has 28 heavy (non-hydrogen) atoms. The molecular formula is C22H35N5O. The van der Waals surface area contributed by atoms with Gasteiger partial charge in [-0.15, -0.1) is 0 Å². The van der Waals surface area contributed by atoms with Crippen molar-refractivity contribution in [3.8, 4) is 11.8 Å². The number of hydrogen-bond acceptors (Lipinski definition) is 6. The van der Waals surface area contributed by atoms with Crippen molar-refractivity contribution in [1.82, 2.24) is 19.8 Å². The number of rotatable bonds is 5. The SMILES string of the molecule is CC.CC(=O)CN(C)CC#Cc1cnc(N2C3CCC2CN(C(C)C)C3)nc1. The minimum atomic E-state index is 0.147. The molecule has 2 fully saturated rings. The van der Waals surface area contributed by atoms with Crippen molar-refractivity contribution in [2.75, 3.05) is 38.1 Å². The Balaban J connectivity index is 0.00000136. The van der Waals surface area contributed by atoms with Crippen molar-refractivity contribution in [2.45, 2.75) is 65.6 Å². The Bertz CT molecular complexity index is 677. The zero-order chi connectivity index (χ0) is 20.7. The fourth-order valence-electron chi connectivity index (χ4n) is 3.92. The van der Waals surface area contributed by atoms with E-state index in [0.29, 0.717) is 31.2 Å². The molecule has 1 aromatic heterocycles. The summed E-state index contributed by atoms with van der Waals surface area (Å²) < 4.78 is 0. The summed E-state index contributed by atoms with van der Waals surface area (Å²) in [5, 5.41) is 0. The van der Waals surface area contributed by atoms with Gasteiger partial charge in [0.15, 0.2) is 0 Å². The molecule has 3 rings (SSSR count). The Morgan fingerprint density at radius 2 is 1.79 bits per heavy atom. The maximum absolute atomic E-state index is 11.1. The third-order valence-corrected chi connectivity index (χ3v) is 5.18. The fourth-order valence-corrected chi connectivity index (χ4v) is 3.92. The van der Waals surface area contributed by atoms with E-state index in [1.54, 1.807) is 6.92 Å². The van der Waals surface area contributed by atoms with Crippen molar-refractivity contribution < 1.29 is 4.79 Å². The van der Waals surface area contributed by atoms with E-state index in [-0.39, 0.29) is 5.78 Å². The van der Waals surface area contributed by atoms with Crippen molar-refractivity contribution in [1.29, 1.82) is 0 Å². The van der Waals surface area contributed by atoms with Gasteiger partial charge in [-0.25, -0.2) is 9.97 Å². The summed E-state index contributed by atoms with van der Waals surface area (Å²) in [4.78, 5) is 27.1. The topological polar surface area (TPSA) is 52.6 Å². The van der Waals surface area contributed by atoms with E-state index in [9.17, 15) is 4.79 Å². The summed E-state index contributed by atoms with van der Waals surface area (Å²) in [6, 6.07) is 1.64. The Kier molecular flexibility index (Phi) is 8.40. The quantitative estimate of drug-likeness (QED) is 0.726. The molecule has 6 heteroatoms. The molecule has 0 amide bonds. The minimum Gasteiger partial charge on any atom is -0.332 e. The fraction of sp³-hybridized carbons (Fsp3) is 0.682. The number of Topliss-reactive ketones (excluding diaryl/α,β-unsaturated/α-hetero) is 1. The van der Waals surface area contributed by atoms with Gasteiger partial charge in [-0.05, 0) is 40.7 Å². The molecule has 0 aromatic carbocycles. The van der Waals surface area contributed by atoms with E-state index >= 15 is 0 Å². The number of aromatic nitrogens is 2. The molecule has 1 aromatic rings. The van der Waals surface area contributed by atoms with E-state index < -0.39 is 0 Å². The standard InChI is InChI=1S/C20H29N5O.C2H6/c1-15(2)24-13-18-7-8-19(14-24)25(18)20-21-10-17(11-22-20)6-5-9-23(4)12-16(3)26;1-2/h10-11,15,18-19H,7-9,12-14H2,1-4H3;1-2H3. The number of nitrogens with zero attached hydrogens (tertiary/aromatic N) is 5. The number of carbonyl (C=O) groups excluding carboxylic acids is 1. The average molecular weight is 386 g/mol. The maximum Gasteiger partial charge on any atom is 0.225 e.